The van der Waals surface area contributed by atoms with Crippen LogP contribution in [0.2, 0.25) is 0 Å². The summed E-state index contributed by atoms with van der Waals surface area (Å²) in [5.74, 6) is -0.813. The molecular formula is C20H22N2O2. The predicted octanol–water partition coefficient (Wildman–Crippen LogP) is 3.67. The van der Waals surface area contributed by atoms with Gasteiger partial charge in [-0.25, -0.2) is 0 Å². The number of Topliss-reactive ketones (excluding diaryl/α,β-unsaturated/α-hetero) is 1. The van der Waals surface area contributed by atoms with Crippen molar-refractivity contribution in [2.24, 2.45) is 0 Å². The second kappa shape index (κ2) is 7.30. The van der Waals surface area contributed by atoms with Crippen molar-refractivity contribution < 1.29 is 9.59 Å². The van der Waals surface area contributed by atoms with E-state index in [1.807, 2.05) is 0 Å². The molecule has 3 aromatic rings. The molecule has 0 aliphatic rings. The van der Waals surface area contributed by atoms with Gasteiger partial charge in [0.05, 0.1) is 0 Å². The van der Waals surface area contributed by atoms with E-state index in [1.165, 1.54) is 28.9 Å². The molecule has 4 nitrogen and oxygen atoms in total. The number of ketones is 1. The highest BCUT2D eigenvalue weighted by atomic mass is 16.2. The van der Waals surface area contributed by atoms with Crippen molar-refractivity contribution in [3.8, 4) is 0 Å². The van der Waals surface area contributed by atoms with E-state index in [1.54, 1.807) is 0 Å². The Labute approximate surface area is 141 Å². The third-order valence-electron chi connectivity index (χ3n) is 4.45. The molecule has 1 aromatic heterocycles. The van der Waals surface area contributed by atoms with E-state index < -0.39 is 5.91 Å². The molecule has 124 valence electrons. The quantitative estimate of drug-likeness (QED) is 0.533. The minimum absolute atomic E-state index is 0.325. The molecule has 0 saturated carbocycles. The van der Waals surface area contributed by atoms with Gasteiger partial charge in [-0.2, -0.15) is 0 Å². The number of nitrogens with one attached hydrogen (secondary N) is 1. The first-order valence-electron chi connectivity index (χ1n) is 8.43. The van der Waals surface area contributed by atoms with Crippen molar-refractivity contribution in [2.45, 2.75) is 32.2 Å². The van der Waals surface area contributed by atoms with Gasteiger partial charge < -0.3 is 9.88 Å². The molecule has 0 radical (unpaired) electrons. The molecule has 4 heteroatoms. The second-order valence-electron chi connectivity index (χ2n) is 6.00. The zero-order chi connectivity index (χ0) is 16.9. The van der Waals surface area contributed by atoms with E-state index in [4.69, 9.17) is 0 Å². The van der Waals surface area contributed by atoms with Gasteiger partial charge in [-0.3, -0.25) is 9.59 Å². The maximum Gasteiger partial charge on any atom is 0.287 e. The van der Waals surface area contributed by atoms with Gasteiger partial charge in [-0.05, 0) is 25.0 Å². The van der Waals surface area contributed by atoms with Crippen molar-refractivity contribution in [3.05, 3.63) is 48.5 Å². The number of carbonyl (C=O) groups excluding carboxylic acids is 2. The molecule has 0 saturated heterocycles. The van der Waals surface area contributed by atoms with Crippen LogP contribution in [0.5, 0.6) is 0 Å². The van der Waals surface area contributed by atoms with Crippen LogP contribution in [-0.4, -0.2) is 23.3 Å². The molecule has 0 fully saturated rings. The lowest BCUT2D eigenvalue weighted by Crippen LogP contribution is -2.27. The molecule has 0 atom stereocenters. The molecule has 0 bridgehead atoms. The normalized spacial score (nSPS) is 11.0. The summed E-state index contributed by atoms with van der Waals surface area (Å²) >= 11 is 0. The van der Waals surface area contributed by atoms with Crippen LogP contribution in [0.15, 0.2) is 48.5 Å². The molecule has 1 heterocycles. The zero-order valence-electron chi connectivity index (χ0n) is 13.9. The number of hydrogen-bond acceptors (Lipinski definition) is 2. The standard InChI is InChI=1S/C20H22N2O2/c1-21-20(24)19(23)13-3-2-8-14-22-17-11-6-4-9-15(17)16-10-5-7-12-18(16)22/h4-7,9-12H,2-3,8,13-14H2,1H3,(H,21,24). The monoisotopic (exact) mass is 322 g/mol. The number of likely N-dealkylation sites (N-methyl/N-ethyl adjacent to an activating group) is 1. The Balaban J connectivity index is 1.67. The number of unbranched alkanes of at least 4 members (excludes halogenated alkanes) is 2. The summed E-state index contributed by atoms with van der Waals surface area (Å²) in [6, 6.07) is 16.9. The Kier molecular flexibility index (Phi) is 4.94. The molecule has 24 heavy (non-hydrogen) atoms. The maximum absolute atomic E-state index is 11.5. The van der Waals surface area contributed by atoms with Crippen LogP contribution in [-0.2, 0) is 16.1 Å². The third kappa shape index (κ3) is 3.18. The average molecular weight is 322 g/mol. The fourth-order valence-electron chi connectivity index (χ4n) is 3.23. The Bertz CT molecular complexity index is 826. The van der Waals surface area contributed by atoms with E-state index in [0.717, 1.165) is 25.8 Å². The highest BCUT2D eigenvalue weighted by molar-refractivity contribution is 6.36. The predicted molar refractivity (Wildman–Crippen MR) is 97.0 cm³/mol. The number of amides is 1. The minimum Gasteiger partial charge on any atom is -0.353 e. The number of rotatable bonds is 7. The van der Waals surface area contributed by atoms with Gasteiger partial charge in [0.25, 0.3) is 5.91 Å². The topological polar surface area (TPSA) is 51.1 Å². The van der Waals surface area contributed by atoms with Gasteiger partial charge in [-0.1, -0.05) is 42.8 Å². The van der Waals surface area contributed by atoms with Gasteiger partial charge in [-0.15, -0.1) is 0 Å². The summed E-state index contributed by atoms with van der Waals surface area (Å²) in [7, 11) is 1.49. The van der Waals surface area contributed by atoms with Crippen LogP contribution in [0, 0.1) is 0 Å². The summed E-state index contributed by atoms with van der Waals surface area (Å²) in [4.78, 5) is 22.7. The average Bonchev–Trinajstić information content (AvgIpc) is 2.95. The highest BCUT2D eigenvalue weighted by Gasteiger charge is 2.11. The summed E-state index contributed by atoms with van der Waals surface area (Å²) < 4.78 is 2.35. The lowest BCUT2D eigenvalue weighted by molar-refractivity contribution is -0.137. The van der Waals surface area contributed by atoms with E-state index >= 15 is 0 Å². The Morgan fingerprint density at radius 3 is 2.04 bits per heavy atom. The molecular weight excluding hydrogens is 300 g/mol. The smallest absolute Gasteiger partial charge is 0.287 e. The molecule has 0 aliphatic carbocycles. The molecule has 1 amide bonds. The summed E-state index contributed by atoms with van der Waals surface area (Å²) in [5, 5.41) is 4.94. The number of aryl methyl sites for hydroxylation is 1. The number of fused-ring (bicyclic) bond motifs is 3. The largest absolute Gasteiger partial charge is 0.353 e. The molecule has 2 aromatic carbocycles. The third-order valence-corrected chi connectivity index (χ3v) is 4.45. The van der Waals surface area contributed by atoms with Gasteiger partial charge in [0, 0.05) is 41.8 Å². The summed E-state index contributed by atoms with van der Waals surface area (Å²) in [5.41, 5.74) is 2.50. The first-order chi connectivity index (χ1) is 11.7. The van der Waals surface area contributed by atoms with Crippen molar-refractivity contribution in [1.29, 1.82) is 0 Å². The Morgan fingerprint density at radius 2 is 1.46 bits per heavy atom. The second-order valence-corrected chi connectivity index (χ2v) is 6.00. The van der Waals surface area contributed by atoms with E-state index in [-0.39, 0.29) is 5.78 Å². The van der Waals surface area contributed by atoms with Crippen molar-refractivity contribution in [1.82, 2.24) is 9.88 Å². The number of para-hydroxylation sites is 2. The number of carbonyl (C=O) groups is 2. The van der Waals surface area contributed by atoms with Crippen LogP contribution in [0.4, 0.5) is 0 Å². The van der Waals surface area contributed by atoms with Gasteiger partial charge >= 0.3 is 0 Å². The van der Waals surface area contributed by atoms with Crippen LogP contribution >= 0.6 is 0 Å². The number of nitrogens with zero attached hydrogens (tertiary/aromatic N) is 1. The lowest BCUT2D eigenvalue weighted by Gasteiger charge is -2.07. The molecule has 3 rings (SSSR count). The van der Waals surface area contributed by atoms with E-state index in [9.17, 15) is 9.59 Å². The van der Waals surface area contributed by atoms with Crippen LogP contribution in [0.25, 0.3) is 21.8 Å². The maximum atomic E-state index is 11.5. The van der Waals surface area contributed by atoms with Crippen LogP contribution in [0.1, 0.15) is 25.7 Å². The van der Waals surface area contributed by atoms with Crippen molar-refractivity contribution >= 4 is 33.5 Å². The Morgan fingerprint density at radius 1 is 0.875 bits per heavy atom. The van der Waals surface area contributed by atoms with Gasteiger partial charge in [0.15, 0.2) is 0 Å². The molecule has 1 N–H and O–H groups in total. The molecule has 0 spiro atoms. The van der Waals surface area contributed by atoms with Gasteiger partial charge in [0.1, 0.15) is 0 Å². The first kappa shape index (κ1) is 16.2. The molecule has 0 aliphatic heterocycles. The highest BCUT2D eigenvalue weighted by Crippen LogP contribution is 2.29. The summed E-state index contributed by atoms with van der Waals surface area (Å²) in [6.45, 7) is 0.919. The lowest BCUT2D eigenvalue weighted by atomic mass is 10.1. The fourth-order valence-corrected chi connectivity index (χ4v) is 3.23. The van der Waals surface area contributed by atoms with Crippen molar-refractivity contribution in [2.75, 3.05) is 7.05 Å². The fraction of sp³-hybridized carbons (Fsp3) is 0.300. The molecule has 0 unspecified atom stereocenters. The SMILES string of the molecule is CNC(=O)C(=O)CCCCCn1c2ccccc2c2ccccc21. The number of hydrogen-bond donors (Lipinski definition) is 1. The van der Waals surface area contributed by atoms with E-state index in [0.29, 0.717) is 6.42 Å². The van der Waals surface area contributed by atoms with Crippen molar-refractivity contribution in [3.63, 3.8) is 0 Å². The van der Waals surface area contributed by atoms with E-state index in [2.05, 4.69) is 58.4 Å². The zero-order valence-corrected chi connectivity index (χ0v) is 13.9. The van der Waals surface area contributed by atoms with Crippen LogP contribution in [0.3, 0.4) is 0 Å². The minimum atomic E-state index is -0.489. The number of aromatic nitrogens is 1. The number of benzene rings is 2. The van der Waals surface area contributed by atoms with Gasteiger partial charge in [0.2, 0.25) is 5.78 Å². The van der Waals surface area contributed by atoms with Crippen LogP contribution < -0.4 is 5.32 Å². The summed E-state index contributed by atoms with van der Waals surface area (Å²) in [6.07, 6.45) is 3.00. The first-order valence-corrected chi connectivity index (χ1v) is 8.43. The Hall–Kier alpha value is -2.62.